The zero-order valence-corrected chi connectivity index (χ0v) is 24.4. The Bertz CT molecular complexity index is 1280. The molecule has 4 aromatic carbocycles. The molecule has 2 N–H and O–H groups in total. The van der Waals surface area contributed by atoms with Gasteiger partial charge in [-0.05, 0) is 49.9 Å². The van der Waals surface area contributed by atoms with Gasteiger partial charge in [0.2, 0.25) is 0 Å². The van der Waals surface area contributed by atoms with Crippen LogP contribution in [-0.2, 0) is 30.1 Å². The first-order chi connectivity index (χ1) is 20.0. The quantitative estimate of drug-likeness (QED) is 0.290. The van der Waals surface area contributed by atoms with Gasteiger partial charge in [0.25, 0.3) is 0 Å². The van der Waals surface area contributed by atoms with E-state index in [1.165, 1.54) is 0 Å². The van der Waals surface area contributed by atoms with Crippen LogP contribution in [0.15, 0.2) is 121 Å². The molecule has 2 heterocycles. The highest BCUT2D eigenvalue weighted by atomic mass is 16.8. The van der Waals surface area contributed by atoms with E-state index >= 15 is 0 Å². The fourth-order valence-electron chi connectivity index (χ4n) is 6.46. The molecule has 0 unspecified atom stereocenters. The van der Waals surface area contributed by atoms with Crippen LogP contribution < -0.4 is 0 Å². The number of hydrogen-bond donors (Lipinski definition) is 2. The summed E-state index contributed by atoms with van der Waals surface area (Å²) in [5.74, 6) is -2.13. The number of aliphatic hydroxyl groups is 2. The van der Waals surface area contributed by atoms with Gasteiger partial charge in [-0.2, -0.15) is 0 Å². The first-order valence-electron chi connectivity index (χ1n) is 14.4. The molecule has 0 bridgehead atoms. The Morgan fingerprint density at radius 1 is 0.429 bits per heavy atom. The van der Waals surface area contributed by atoms with Crippen LogP contribution in [0.4, 0.5) is 0 Å². The van der Waals surface area contributed by atoms with Crippen LogP contribution in [0.2, 0.25) is 0 Å². The molecule has 2 aliphatic heterocycles. The second-order valence-corrected chi connectivity index (χ2v) is 12.0. The van der Waals surface area contributed by atoms with Crippen LogP contribution in [0.25, 0.3) is 0 Å². The summed E-state index contributed by atoms with van der Waals surface area (Å²) in [5, 5.41) is 25.6. The van der Waals surface area contributed by atoms with Gasteiger partial charge in [0.05, 0.1) is 0 Å². The van der Waals surface area contributed by atoms with Crippen molar-refractivity contribution in [2.75, 3.05) is 0 Å². The average Bonchev–Trinajstić information content (AvgIpc) is 3.53. The molecule has 4 atom stereocenters. The Morgan fingerprint density at radius 2 is 0.667 bits per heavy atom. The van der Waals surface area contributed by atoms with Crippen LogP contribution in [0.5, 0.6) is 0 Å². The van der Waals surface area contributed by atoms with Gasteiger partial charge in [0.15, 0.2) is 11.6 Å². The van der Waals surface area contributed by atoms with Crippen molar-refractivity contribution in [1.29, 1.82) is 0 Å². The maximum atomic E-state index is 12.8. The summed E-state index contributed by atoms with van der Waals surface area (Å²) in [5.41, 5.74) is -0.599. The SMILES string of the molecule is CC1(C)O[C@@H]([C@H]2OC(C)(C)O[C@@H]2C(O)(c2ccccc2)c2ccccc2)[C@H](C(O)(c2ccccc2)c2ccccc2)O1. The first-order valence-corrected chi connectivity index (χ1v) is 14.4. The fourth-order valence-corrected chi connectivity index (χ4v) is 6.46. The second-order valence-electron chi connectivity index (χ2n) is 12.0. The highest BCUT2D eigenvalue weighted by Gasteiger charge is 2.64. The Kier molecular flexibility index (Phi) is 7.34. The van der Waals surface area contributed by atoms with E-state index in [9.17, 15) is 10.2 Å². The lowest BCUT2D eigenvalue weighted by Gasteiger charge is -2.41. The van der Waals surface area contributed by atoms with Crippen molar-refractivity contribution in [2.45, 2.75) is 74.9 Å². The zero-order chi connectivity index (χ0) is 29.6. The molecule has 2 aliphatic rings. The van der Waals surface area contributed by atoms with Gasteiger partial charge in [-0.15, -0.1) is 0 Å². The predicted octanol–water partition coefficient (Wildman–Crippen LogP) is 5.90. The summed E-state index contributed by atoms with van der Waals surface area (Å²) in [6.45, 7) is 7.31. The zero-order valence-electron chi connectivity index (χ0n) is 24.4. The summed E-state index contributed by atoms with van der Waals surface area (Å²) in [6, 6.07) is 37.9. The molecule has 0 spiro atoms. The summed E-state index contributed by atoms with van der Waals surface area (Å²) in [7, 11) is 0. The first kappa shape index (κ1) is 28.7. The third kappa shape index (κ3) is 4.98. The molecule has 0 amide bonds. The monoisotopic (exact) mass is 566 g/mol. The summed E-state index contributed by atoms with van der Waals surface area (Å²) in [6.07, 6.45) is -3.51. The van der Waals surface area contributed by atoms with E-state index < -0.39 is 47.2 Å². The molecule has 0 aliphatic carbocycles. The molecule has 0 aromatic heterocycles. The maximum Gasteiger partial charge on any atom is 0.164 e. The van der Waals surface area contributed by atoms with Gasteiger partial charge in [-0.1, -0.05) is 121 Å². The van der Waals surface area contributed by atoms with Gasteiger partial charge in [0, 0.05) is 0 Å². The van der Waals surface area contributed by atoms with E-state index in [0.29, 0.717) is 22.3 Å². The van der Waals surface area contributed by atoms with Gasteiger partial charge in [0.1, 0.15) is 35.6 Å². The normalized spacial score (nSPS) is 25.4. The number of benzene rings is 4. The van der Waals surface area contributed by atoms with Crippen LogP contribution in [-0.4, -0.2) is 46.2 Å². The van der Waals surface area contributed by atoms with Crippen LogP contribution >= 0.6 is 0 Å². The third-order valence-electron chi connectivity index (χ3n) is 8.26. The van der Waals surface area contributed by atoms with Crippen LogP contribution in [0.1, 0.15) is 49.9 Å². The molecular weight excluding hydrogens is 528 g/mol. The van der Waals surface area contributed by atoms with Gasteiger partial charge in [-0.25, -0.2) is 0 Å². The van der Waals surface area contributed by atoms with Crippen molar-refractivity contribution < 1.29 is 29.2 Å². The van der Waals surface area contributed by atoms with E-state index in [2.05, 4.69) is 0 Å². The van der Waals surface area contributed by atoms with Gasteiger partial charge >= 0.3 is 0 Å². The molecule has 6 heteroatoms. The van der Waals surface area contributed by atoms with Crippen LogP contribution in [0, 0.1) is 0 Å². The minimum atomic E-state index is -1.61. The topological polar surface area (TPSA) is 77.4 Å². The highest BCUT2D eigenvalue weighted by molar-refractivity contribution is 5.41. The molecule has 6 rings (SSSR count). The maximum absolute atomic E-state index is 12.8. The predicted molar refractivity (Wildman–Crippen MR) is 159 cm³/mol. The lowest BCUT2D eigenvalue weighted by molar-refractivity contribution is -0.177. The fraction of sp³-hybridized carbons (Fsp3) is 0.333. The highest BCUT2D eigenvalue weighted by Crippen LogP contribution is 2.50. The average molecular weight is 567 g/mol. The molecule has 2 saturated heterocycles. The Hall–Kier alpha value is -3.36. The standard InChI is InChI=1S/C36H38O6/c1-33(2)39-29(31(41-33)35(37,25-17-9-5-10-18-25)26-19-11-6-12-20-26)30-32(42-34(3,4)40-30)36(38,27-21-13-7-14-22-27)28-23-15-8-16-24-28/h5-24,29-32,37-38H,1-4H3/t29-,30+,31+,32-. The summed E-state index contributed by atoms with van der Waals surface area (Å²) >= 11 is 0. The number of hydrogen-bond acceptors (Lipinski definition) is 6. The van der Waals surface area contributed by atoms with Gasteiger partial charge in [-0.3, -0.25) is 0 Å². The lowest BCUT2D eigenvalue weighted by Crippen LogP contribution is -2.56. The van der Waals surface area contributed by atoms with E-state index in [0.717, 1.165) is 0 Å². The Labute approximate surface area is 247 Å². The van der Waals surface area contributed by atoms with Crippen molar-refractivity contribution in [1.82, 2.24) is 0 Å². The third-order valence-corrected chi connectivity index (χ3v) is 8.26. The number of ether oxygens (including phenoxy) is 4. The van der Waals surface area contributed by atoms with E-state index in [1.807, 2.05) is 149 Å². The minimum Gasteiger partial charge on any atom is -0.378 e. The molecule has 218 valence electrons. The van der Waals surface area contributed by atoms with Gasteiger partial charge < -0.3 is 29.2 Å². The van der Waals surface area contributed by atoms with Crippen molar-refractivity contribution in [3.05, 3.63) is 144 Å². The molecule has 42 heavy (non-hydrogen) atoms. The smallest absolute Gasteiger partial charge is 0.164 e. The second kappa shape index (κ2) is 10.7. The van der Waals surface area contributed by atoms with E-state index in [-0.39, 0.29) is 0 Å². The van der Waals surface area contributed by atoms with E-state index in [4.69, 9.17) is 18.9 Å². The van der Waals surface area contributed by atoms with Crippen molar-refractivity contribution >= 4 is 0 Å². The Balaban J connectivity index is 1.53. The largest absolute Gasteiger partial charge is 0.378 e. The van der Waals surface area contributed by atoms with Crippen molar-refractivity contribution in [3.8, 4) is 0 Å². The number of rotatable bonds is 7. The molecule has 4 aromatic rings. The van der Waals surface area contributed by atoms with Crippen molar-refractivity contribution in [2.24, 2.45) is 0 Å². The summed E-state index contributed by atoms with van der Waals surface area (Å²) in [4.78, 5) is 0. The molecule has 0 saturated carbocycles. The lowest BCUT2D eigenvalue weighted by atomic mass is 9.74. The summed E-state index contributed by atoms with van der Waals surface area (Å²) < 4.78 is 26.5. The Morgan fingerprint density at radius 3 is 0.905 bits per heavy atom. The molecule has 6 nitrogen and oxygen atoms in total. The molecule has 2 fully saturated rings. The minimum absolute atomic E-state index is 0.656. The van der Waals surface area contributed by atoms with E-state index in [1.54, 1.807) is 0 Å². The van der Waals surface area contributed by atoms with Crippen LogP contribution in [0.3, 0.4) is 0 Å². The molecular formula is C36H38O6. The molecule has 0 radical (unpaired) electrons. The van der Waals surface area contributed by atoms with Crippen molar-refractivity contribution in [3.63, 3.8) is 0 Å².